The molecule has 2 aromatic carbocycles. The lowest BCUT2D eigenvalue weighted by Gasteiger charge is -2.28. The van der Waals surface area contributed by atoms with Gasteiger partial charge in [0.25, 0.3) is 5.91 Å². The molecule has 2 amide bonds. The Bertz CT molecular complexity index is 923. The smallest absolute Gasteiger partial charge is 0.267 e. The molecule has 2 aliphatic rings. The number of hydrogen-bond acceptors (Lipinski definition) is 4. The first-order valence-electron chi connectivity index (χ1n) is 10.00. The van der Waals surface area contributed by atoms with E-state index in [4.69, 9.17) is 5.21 Å². The highest BCUT2D eigenvalue weighted by molar-refractivity contribution is 5.99. The summed E-state index contributed by atoms with van der Waals surface area (Å²) in [4.78, 5) is 28.6. The Morgan fingerprint density at radius 1 is 1.10 bits per heavy atom. The van der Waals surface area contributed by atoms with Crippen LogP contribution in [0.5, 0.6) is 0 Å². The number of nitrogens with one attached hydrogen (secondary N) is 1. The van der Waals surface area contributed by atoms with Crippen LogP contribution in [0.15, 0.2) is 54.6 Å². The molecule has 0 aromatic heterocycles. The van der Waals surface area contributed by atoms with Gasteiger partial charge in [-0.3, -0.25) is 19.7 Å². The molecule has 2 aliphatic heterocycles. The maximum atomic E-state index is 13.3. The van der Waals surface area contributed by atoms with Crippen LogP contribution in [0.2, 0.25) is 0 Å². The number of carbonyl (C=O) groups is 2. The molecule has 4 rings (SSSR count). The van der Waals surface area contributed by atoms with E-state index in [1.807, 2.05) is 47.4 Å². The first-order valence-corrected chi connectivity index (χ1v) is 10.00. The number of likely N-dealkylation sites (tertiary alicyclic amines) is 1. The second kappa shape index (κ2) is 8.59. The van der Waals surface area contributed by atoms with Crippen molar-refractivity contribution in [2.75, 3.05) is 18.0 Å². The van der Waals surface area contributed by atoms with E-state index in [1.165, 1.54) is 11.6 Å². The van der Waals surface area contributed by atoms with Crippen LogP contribution in [0.3, 0.4) is 0 Å². The van der Waals surface area contributed by atoms with Crippen molar-refractivity contribution in [1.82, 2.24) is 10.4 Å². The van der Waals surface area contributed by atoms with Gasteiger partial charge in [-0.05, 0) is 54.6 Å². The van der Waals surface area contributed by atoms with Gasteiger partial charge in [0, 0.05) is 24.9 Å². The first kappa shape index (κ1) is 19.4. The minimum atomic E-state index is -0.559. The number of benzene rings is 2. The molecule has 1 saturated heterocycles. The molecule has 2 aromatic rings. The lowest BCUT2D eigenvalue weighted by Crippen LogP contribution is -2.45. The number of carbonyl (C=O) groups excluding carboxylic acids is 2. The molecule has 6 nitrogen and oxygen atoms in total. The van der Waals surface area contributed by atoms with E-state index in [0.29, 0.717) is 0 Å². The summed E-state index contributed by atoms with van der Waals surface area (Å²) in [6.45, 7) is 2.42. The Morgan fingerprint density at radius 3 is 2.69 bits per heavy atom. The first-order chi connectivity index (χ1) is 14.2. The zero-order valence-electron chi connectivity index (χ0n) is 16.3. The van der Waals surface area contributed by atoms with E-state index in [9.17, 15) is 9.59 Å². The molecule has 2 heterocycles. The van der Waals surface area contributed by atoms with E-state index >= 15 is 0 Å². The van der Waals surface area contributed by atoms with Crippen molar-refractivity contribution < 1.29 is 14.8 Å². The second-order valence-corrected chi connectivity index (χ2v) is 7.55. The molecule has 0 aliphatic carbocycles. The van der Waals surface area contributed by atoms with E-state index < -0.39 is 5.91 Å². The Balaban J connectivity index is 1.42. The normalized spacial score (nSPS) is 18.9. The summed E-state index contributed by atoms with van der Waals surface area (Å²) in [5.74, 6) is -0.349. The second-order valence-electron chi connectivity index (χ2n) is 7.55. The van der Waals surface area contributed by atoms with Crippen LogP contribution in [0.4, 0.5) is 5.69 Å². The summed E-state index contributed by atoms with van der Waals surface area (Å²) < 4.78 is 0. The SMILES string of the molecule is O=C(C=Cc1ccc(CN2CCC[C@@H]2C(=O)N2CCc3ccccc32)cc1)NO. The van der Waals surface area contributed by atoms with Crippen molar-refractivity contribution in [1.29, 1.82) is 0 Å². The Morgan fingerprint density at radius 2 is 1.90 bits per heavy atom. The molecule has 0 saturated carbocycles. The lowest BCUT2D eigenvalue weighted by atomic mass is 10.1. The highest BCUT2D eigenvalue weighted by Gasteiger charge is 2.36. The topological polar surface area (TPSA) is 72.9 Å². The van der Waals surface area contributed by atoms with Crippen molar-refractivity contribution in [3.05, 3.63) is 71.3 Å². The predicted molar refractivity (Wildman–Crippen MR) is 111 cm³/mol. The monoisotopic (exact) mass is 391 g/mol. The minimum absolute atomic E-state index is 0.0750. The van der Waals surface area contributed by atoms with Gasteiger partial charge in [-0.15, -0.1) is 0 Å². The van der Waals surface area contributed by atoms with E-state index in [2.05, 4.69) is 11.0 Å². The molecule has 0 unspecified atom stereocenters. The largest absolute Gasteiger partial charge is 0.310 e. The molecular formula is C23H25N3O3. The zero-order chi connectivity index (χ0) is 20.2. The van der Waals surface area contributed by atoms with Gasteiger partial charge in [0.2, 0.25) is 5.91 Å². The van der Waals surface area contributed by atoms with E-state index in [-0.39, 0.29) is 11.9 Å². The Hall–Kier alpha value is -2.96. The van der Waals surface area contributed by atoms with Crippen LogP contribution in [0.25, 0.3) is 6.08 Å². The Kier molecular flexibility index (Phi) is 5.74. The van der Waals surface area contributed by atoms with Gasteiger partial charge in [-0.2, -0.15) is 0 Å². The van der Waals surface area contributed by atoms with Crippen molar-refractivity contribution in [3.8, 4) is 0 Å². The number of para-hydroxylation sites is 1. The predicted octanol–water partition coefficient (Wildman–Crippen LogP) is 2.76. The molecule has 0 bridgehead atoms. The van der Waals surface area contributed by atoms with Gasteiger partial charge in [-0.1, -0.05) is 42.5 Å². The van der Waals surface area contributed by atoms with E-state index in [1.54, 1.807) is 11.6 Å². The number of amides is 2. The maximum absolute atomic E-state index is 13.3. The molecule has 29 heavy (non-hydrogen) atoms. The fourth-order valence-corrected chi connectivity index (χ4v) is 4.22. The van der Waals surface area contributed by atoms with Gasteiger partial charge in [-0.25, -0.2) is 5.48 Å². The van der Waals surface area contributed by atoms with Gasteiger partial charge < -0.3 is 4.90 Å². The zero-order valence-corrected chi connectivity index (χ0v) is 16.3. The molecule has 0 spiro atoms. The molecular weight excluding hydrogens is 366 g/mol. The van der Waals surface area contributed by atoms with Gasteiger partial charge in [0.15, 0.2) is 0 Å². The standard InChI is InChI=1S/C23H25N3O3/c27-22(24-29)12-11-17-7-9-18(10-8-17)16-25-14-3-6-21(25)23(28)26-15-13-19-4-1-2-5-20(19)26/h1-2,4-5,7-12,21,29H,3,6,13-16H2,(H,24,27)/t21-/m1/s1. The number of hydroxylamine groups is 1. The summed E-state index contributed by atoms with van der Waals surface area (Å²) >= 11 is 0. The van der Waals surface area contributed by atoms with Crippen molar-refractivity contribution in [2.24, 2.45) is 0 Å². The van der Waals surface area contributed by atoms with Gasteiger partial charge in [0.1, 0.15) is 0 Å². The summed E-state index contributed by atoms with van der Waals surface area (Å²) in [6.07, 6.45) is 5.77. The average molecular weight is 391 g/mol. The average Bonchev–Trinajstić information content (AvgIpc) is 3.39. The van der Waals surface area contributed by atoms with Crippen molar-refractivity contribution in [3.63, 3.8) is 0 Å². The molecule has 1 atom stereocenters. The molecule has 150 valence electrons. The molecule has 2 N–H and O–H groups in total. The highest BCUT2D eigenvalue weighted by atomic mass is 16.5. The summed E-state index contributed by atoms with van der Waals surface area (Å²) in [6, 6.07) is 16.0. The number of rotatable bonds is 5. The summed E-state index contributed by atoms with van der Waals surface area (Å²) in [5, 5.41) is 8.53. The minimum Gasteiger partial charge on any atom is -0.310 e. The van der Waals surface area contributed by atoms with E-state index in [0.717, 1.165) is 55.7 Å². The third kappa shape index (κ3) is 4.23. The number of anilines is 1. The quantitative estimate of drug-likeness (QED) is 0.467. The van der Waals surface area contributed by atoms with Crippen LogP contribution >= 0.6 is 0 Å². The number of nitrogens with zero attached hydrogens (tertiary/aromatic N) is 2. The molecule has 0 radical (unpaired) electrons. The van der Waals surface area contributed by atoms with Crippen LogP contribution in [0, 0.1) is 0 Å². The maximum Gasteiger partial charge on any atom is 0.267 e. The Labute approximate surface area is 170 Å². The molecule has 6 heteroatoms. The van der Waals surface area contributed by atoms with Crippen LogP contribution < -0.4 is 10.4 Å². The lowest BCUT2D eigenvalue weighted by molar-refractivity contribution is -0.124. The van der Waals surface area contributed by atoms with Crippen LogP contribution in [-0.2, 0) is 22.6 Å². The highest BCUT2D eigenvalue weighted by Crippen LogP contribution is 2.31. The van der Waals surface area contributed by atoms with Crippen molar-refractivity contribution in [2.45, 2.75) is 31.8 Å². The summed E-state index contributed by atoms with van der Waals surface area (Å²) in [7, 11) is 0. The summed E-state index contributed by atoms with van der Waals surface area (Å²) in [5.41, 5.74) is 5.90. The number of fused-ring (bicyclic) bond motifs is 1. The third-order valence-corrected chi connectivity index (χ3v) is 5.70. The van der Waals surface area contributed by atoms with Crippen molar-refractivity contribution >= 4 is 23.6 Å². The third-order valence-electron chi connectivity index (χ3n) is 5.70. The van der Waals surface area contributed by atoms with Crippen LogP contribution in [0.1, 0.15) is 29.5 Å². The van der Waals surface area contributed by atoms with Crippen LogP contribution in [-0.4, -0.2) is 41.1 Å². The number of hydrogen-bond donors (Lipinski definition) is 2. The van der Waals surface area contributed by atoms with Gasteiger partial charge in [0.05, 0.1) is 6.04 Å². The fourth-order valence-electron chi connectivity index (χ4n) is 4.22. The van der Waals surface area contributed by atoms with Gasteiger partial charge >= 0.3 is 0 Å². The fraction of sp³-hybridized carbons (Fsp3) is 0.304. The molecule has 1 fully saturated rings.